The van der Waals surface area contributed by atoms with Crippen LogP contribution < -0.4 is 10.5 Å². The van der Waals surface area contributed by atoms with Crippen LogP contribution in [0.1, 0.15) is 19.3 Å². The summed E-state index contributed by atoms with van der Waals surface area (Å²) in [5, 5.41) is 0.696. The van der Waals surface area contributed by atoms with Crippen molar-refractivity contribution in [2.75, 3.05) is 12.0 Å². The first-order valence-electron chi connectivity index (χ1n) is 6.02. The van der Waals surface area contributed by atoms with Crippen molar-refractivity contribution in [3.8, 4) is 0 Å². The van der Waals surface area contributed by atoms with Crippen LogP contribution in [0, 0.1) is 0 Å². The highest BCUT2D eigenvalue weighted by Crippen LogP contribution is 2.30. The first-order valence-corrected chi connectivity index (χ1v) is 9.17. The Balaban J connectivity index is 2.14. The molecular weight excluding hydrogens is 304 g/mol. The maximum Gasteiger partial charge on any atom is 0.242 e. The minimum absolute atomic E-state index is 0.00364. The second-order valence-electron chi connectivity index (χ2n) is 4.68. The molecule has 2 rings (SSSR count). The molecule has 1 aromatic carbocycles. The number of sulfonamides is 1. The lowest BCUT2D eigenvalue weighted by molar-refractivity contribution is 0.552. The highest BCUT2D eigenvalue weighted by molar-refractivity contribution is 7.99. The molecule has 1 aliphatic rings. The summed E-state index contributed by atoms with van der Waals surface area (Å²) in [5.41, 5.74) is 6.02. The summed E-state index contributed by atoms with van der Waals surface area (Å²) < 4.78 is 27.3. The topological polar surface area (TPSA) is 72.2 Å². The summed E-state index contributed by atoms with van der Waals surface area (Å²) in [5.74, 6) is 0. The Labute approximate surface area is 123 Å². The van der Waals surface area contributed by atoms with E-state index in [-0.39, 0.29) is 16.0 Å². The molecule has 1 aliphatic carbocycles. The van der Waals surface area contributed by atoms with Gasteiger partial charge in [-0.25, -0.2) is 13.1 Å². The van der Waals surface area contributed by atoms with Crippen molar-refractivity contribution < 1.29 is 8.42 Å². The lowest BCUT2D eigenvalue weighted by atomic mass is 10.3. The minimum atomic E-state index is -3.57. The third kappa shape index (κ3) is 3.56. The second kappa shape index (κ2) is 5.91. The molecule has 106 valence electrons. The van der Waals surface area contributed by atoms with Crippen LogP contribution >= 0.6 is 23.4 Å². The monoisotopic (exact) mass is 320 g/mol. The molecule has 0 aromatic heterocycles. The van der Waals surface area contributed by atoms with Gasteiger partial charge in [0.1, 0.15) is 4.90 Å². The molecule has 0 radical (unpaired) electrons. The molecule has 1 saturated carbocycles. The standard InChI is InChI=1S/C12H17ClN2O2S2/c1-18-10-4-3-9(7-10)15-19(16,17)12-5-2-8(14)6-11(12)13/h2,5-6,9-10,15H,3-4,7,14H2,1H3. The van der Waals surface area contributed by atoms with Gasteiger partial charge in [-0.1, -0.05) is 11.6 Å². The Morgan fingerprint density at radius 3 is 2.74 bits per heavy atom. The lowest BCUT2D eigenvalue weighted by Crippen LogP contribution is -2.33. The van der Waals surface area contributed by atoms with Gasteiger partial charge >= 0.3 is 0 Å². The molecule has 0 bridgehead atoms. The van der Waals surface area contributed by atoms with Crippen LogP contribution in [0.25, 0.3) is 0 Å². The predicted molar refractivity (Wildman–Crippen MR) is 81.1 cm³/mol. The fourth-order valence-electron chi connectivity index (χ4n) is 2.28. The van der Waals surface area contributed by atoms with E-state index in [0.29, 0.717) is 10.9 Å². The predicted octanol–water partition coefficient (Wildman–Crippen LogP) is 2.48. The third-order valence-corrected chi connectivity index (χ3v) is 6.38. The first-order chi connectivity index (χ1) is 8.92. The van der Waals surface area contributed by atoms with E-state index in [1.165, 1.54) is 12.1 Å². The average molecular weight is 321 g/mol. The number of hydrogen-bond donors (Lipinski definition) is 2. The lowest BCUT2D eigenvalue weighted by Gasteiger charge is -2.14. The van der Waals surface area contributed by atoms with Crippen LogP contribution in [0.3, 0.4) is 0 Å². The largest absolute Gasteiger partial charge is 0.399 e. The Kier molecular flexibility index (Phi) is 4.66. The first kappa shape index (κ1) is 15.0. The number of benzene rings is 1. The van der Waals surface area contributed by atoms with E-state index in [1.54, 1.807) is 17.8 Å². The van der Waals surface area contributed by atoms with Gasteiger partial charge in [-0.2, -0.15) is 11.8 Å². The van der Waals surface area contributed by atoms with E-state index in [2.05, 4.69) is 11.0 Å². The summed E-state index contributed by atoms with van der Waals surface area (Å²) >= 11 is 7.74. The quantitative estimate of drug-likeness (QED) is 0.836. The normalized spacial score (nSPS) is 23.7. The van der Waals surface area contributed by atoms with Crippen molar-refractivity contribution in [3.05, 3.63) is 23.2 Å². The van der Waals surface area contributed by atoms with Gasteiger partial charge in [0.15, 0.2) is 0 Å². The Morgan fingerprint density at radius 2 is 2.16 bits per heavy atom. The van der Waals surface area contributed by atoms with Crippen molar-refractivity contribution in [2.24, 2.45) is 0 Å². The molecule has 0 amide bonds. The number of thioether (sulfide) groups is 1. The van der Waals surface area contributed by atoms with E-state index in [0.717, 1.165) is 19.3 Å². The molecule has 7 heteroatoms. The molecule has 0 heterocycles. The Hall–Kier alpha value is -0.430. The minimum Gasteiger partial charge on any atom is -0.399 e. The number of nitrogen functional groups attached to an aromatic ring is 1. The molecule has 19 heavy (non-hydrogen) atoms. The number of hydrogen-bond acceptors (Lipinski definition) is 4. The van der Waals surface area contributed by atoms with Gasteiger partial charge in [-0.15, -0.1) is 0 Å². The average Bonchev–Trinajstić information content (AvgIpc) is 2.75. The van der Waals surface area contributed by atoms with Crippen molar-refractivity contribution in [1.29, 1.82) is 0 Å². The highest BCUT2D eigenvalue weighted by atomic mass is 35.5. The Bertz CT molecular complexity index is 563. The zero-order valence-corrected chi connectivity index (χ0v) is 13.0. The number of nitrogens with two attached hydrogens (primary N) is 1. The number of anilines is 1. The summed E-state index contributed by atoms with van der Waals surface area (Å²) in [4.78, 5) is 0.0935. The third-order valence-electron chi connectivity index (χ3n) is 3.29. The van der Waals surface area contributed by atoms with Gasteiger partial charge in [0.2, 0.25) is 10.0 Å². The fourth-order valence-corrected chi connectivity index (χ4v) is 4.91. The molecule has 3 N–H and O–H groups in total. The van der Waals surface area contributed by atoms with E-state index in [4.69, 9.17) is 17.3 Å². The van der Waals surface area contributed by atoms with Crippen LogP contribution in [0.15, 0.2) is 23.1 Å². The fraction of sp³-hybridized carbons (Fsp3) is 0.500. The van der Waals surface area contributed by atoms with Gasteiger partial charge in [0, 0.05) is 17.0 Å². The van der Waals surface area contributed by atoms with Gasteiger partial charge in [0.05, 0.1) is 5.02 Å². The smallest absolute Gasteiger partial charge is 0.242 e. The van der Waals surface area contributed by atoms with Crippen LogP contribution in [0.2, 0.25) is 5.02 Å². The van der Waals surface area contributed by atoms with E-state index >= 15 is 0 Å². The zero-order valence-electron chi connectivity index (χ0n) is 10.6. The van der Waals surface area contributed by atoms with Crippen molar-refractivity contribution in [3.63, 3.8) is 0 Å². The van der Waals surface area contributed by atoms with E-state index in [1.807, 2.05) is 0 Å². The molecule has 4 nitrogen and oxygen atoms in total. The Morgan fingerprint density at radius 1 is 1.42 bits per heavy atom. The molecule has 0 aliphatic heterocycles. The molecule has 1 aromatic rings. The van der Waals surface area contributed by atoms with Crippen molar-refractivity contribution >= 4 is 39.1 Å². The van der Waals surface area contributed by atoms with Crippen LogP contribution in [0.5, 0.6) is 0 Å². The number of nitrogens with one attached hydrogen (secondary N) is 1. The molecule has 0 spiro atoms. The molecule has 0 saturated heterocycles. The highest BCUT2D eigenvalue weighted by Gasteiger charge is 2.29. The van der Waals surface area contributed by atoms with Crippen molar-refractivity contribution in [2.45, 2.75) is 35.4 Å². The van der Waals surface area contributed by atoms with Crippen LogP contribution in [-0.4, -0.2) is 26.0 Å². The van der Waals surface area contributed by atoms with E-state index < -0.39 is 10.0 Å². The zero-order chi connectivity index (χ0) is 14.0. The molecule has 2 unspecified atom stereocenters. The van der Waals surface area contributed by atoms with Gasteiger partial charge < -0.3 is 5.73 Å². The SMILES string of the molecule is CSC1CCC(NS(=O)(=O)c2ccc(N)cc2Cl)C1. The number of rotatable bonds is 4. The summed E-state index contributed by atoms with van der Waals surface area (Å²) in [6, 6.07) is 4.44. The molecule has 2 atom stereocenters. The summed E-state index contributed by atoms with van der Waals surface area (Å²) in [6.07, 6.45) is 4.84. The van der Waals surface area contributed by atoms with Gasteiger partial charge in [-0.05, 0) is 43.7 Å². The number of halogens is 1. The molecular formula is C12H17ClN2O2S2. The van der Waals surface area contributed by atoms with Gasteiger partial charge in [-0.3, -0.25) is 0 Å². The molecule has 1 fully saturated rings. The van der Waals surface area contributed by atoms with Gasteiger partial charge in [0.25, 0.3) is 0 Å². The second-order valence-corrected chi connectivity index (χ2v) is 7.91. The maximum atomic E-state index is 12.3. The van der Waals surface area contributed by atoms with Crippen LogP contribution in [-0.2, 0) is 10.0 Å². The van der Waals surface area contributed by atoms with Crippen molar-refractivity contribution in [1.82, 2.24) is 4.72 Å². The van der Waals surface area contributed by atoms with Crippen LogP contribution in [0.4, 0.5) is 5.69 Å². The summed E-state index contributed by atoms with van der Waals surface area (Å²) in [7, 11) is -3.57. The maximum absolute atomic E-state index is 12.3. The summed E-state index contributed by atoms with van der Waals surface area (Å²) in [6.45, 7) is 0. The van der Waals surface area contributed by atoms with E-state index in [9.17, 15) is 8.42 Å².